The molecule has 12 heteroatoms. The van der Waals surface area contributed by atoms with Crippen LogP contribution in [-0.4, -0.2) is 34.9 Å². The highest BCUT2D eigenvalue weighted by molar-refractivity contribution is 6.00. The summed E-state index contributed by atoms with van der Waals surface area (Å²) in [5.41, 5.74) is 29.9. The van der Waals surface area contributed by atoms with Crippen molar-refractivity contribution in [3.05, 3.63) is 412 Å². The van der Waals surface area contributed by atoms with Crippen LogP contribution in [0.15, 0.2) is 384 Å². The van der Waals surface area contributed by atoms with Crippen molar-refractivity contribution in [2.75, 3.05) is 0 Å². The third-order valence-corrected chi connectivity index (χ3v) is 22.4. The highest BCUT2D eigenvalue weighted by Crippen LogP contribution is 2.37. The van der Waals surface area contributed by atoms with Gasteiger partial charge in [0.25, 0.3) is 0 Å². The van der Waals surface area contributed by atoms with Crippen molar-refractivity contribution in [3.8, 4) is 112 Å². The second-order valence-corrected chi connectivity index (χ2v) is 30.3. The van der Waals surface area contributed by atoms with Gasteiger partial charge in [-0.3, -0.25) is 24.9 Å². The number of nitrogens with zero attached hydrogens (tertiary/aromatic N) is 12. The van der Waals surface area contributed by atoms with Crippen LogP contribution in [0.5, 0.6) is 0 Å². The first-order chi connectivity index (χ1) is 58.7. The van der Waals surface area contributed by atoms with Gasteiger partial charge in [0.15, 0.2) is 31.0 Å². The van der Waals surface area contributed by atoms with Crippen LogP contribution in [0, 0.1) is 34.6 Å². The molecule has 0 saturated heterocycles. The zero-order valence-corrected chi connectivity index (χ0v) is 69.2. The normalized spacial score (nSPS) is 10.9. The first-order valence-electron chi connectivity index (χ1n) is 40.4. The fourth-order valence-electron chi connectivity index (χ4n) is 16.1. The first kappa shape index (κ1) is 78.7. The van der Waals surface area contributed by atoms with E-state index in [4.69, 9.17) is 0 Å². The van der Waals surface area contributed by atoms with Crippen LogP contribution in [0.4, 0.5) is 0 Å². The third kappa shape index (κ3) is 17.1. The van der Waals surface area contributed by atoms with Crippen molar-refractivity contribution >= 4 is 53.9 Å². The molecule has 0 saturated carbocycles. The molecule has 0 aliphatic heterocycles. The smallest absolute Gasteiger partial charge is 0.220 e. The summed E-state index contributed by atoms with van der Waals surface area (Å²) < 4.78 is 11.0. The molecule has 0 bridgehead atoms. The predicted molar refractivity (Wildman–Crippen MR) is 488 cm³/mol. The lowest BCUT2D eigenvalue weighted by Gasteiger charge is -2.09. The fraction of sp³-hybridized carbons (Fsp3) is 0.0926. The first-order valence-corrected chi connectivity index (χ1v) is 40.4. The molecule has 0 unspecified atom stereocenters. The molecule has 10 aromatic heterocycles. The van der Waals surface area contributed by atoms with Gasteiger partial charge in [-0.2, -0.15) is 0 Å². The summed E-state index contributed by atoms with van der Waals surface area (Å²) in [6, 6.07) is 103. The van der Waals surface area contributed by atoms with Crippen molar-refractivity contribution in [3.63, 3.8) is 0 Å². The maximum absolute atomic E-state index is 4.46. The van der Waals surface area contributed by atoms with E-state index in [1.165, 1.54) is 155 Å². The van der Waals surface area contributed by atoms with Crippen molar-refractivity contribution in [2.24, 2.45) is 35.2 Å². The number of aromatic nitrogens is 12. The lowest BCUT2D eigenvalue weighted by atomic mass is 9.97. The van der Waals surface area contributed by atoms with Gasteiger partial charge < -0.3 is 0 Å². The second kappa shape index (κ2) is 35.9. The fourth-order valence-corrected chi connectivity index (χ4v) is 16.1. The average Bonchev–Trinajstić information content (AvgIpc) is 0.794. The molecule has 10 heterocycles. The molecule has 12 nitrogen and oxygen atoms in total. The summed E-state index contributed by atoms with van der Waals surface area (Å²) >= 11 is 0. The van der Waals surface area contributed by atoms with Crippen LogP contribution >= 0.6 is 0 Å². The average molecular weight is 1560 g/mol. The molecule has 0 fully saturated rings. The molecular weight excluding hydrogens is 1470 g/mol. The van der Waals surface area contributed by atoms with Gasteiger partial charge in [-0.25, -0.2) is 32.8 Å². The van der Waals surface area contributed by atoms with E-state index in [0.717, 1.165) is 39.3 Å². The van der Waals surface area contributed by atoms with Crippen LogP contribution in [0.25, 0.3) is 166 Å². The van der Waals surface area contributed by atoms with Gasteiger partial charge in [0, 0.05) is 130 Å². The lowest BCUT2D eigenvalue weighted by Crippen LogP contribution is -2.30. The minimum atomic E-state index is 0.894. The quantitative estimate of drug-likeness (QED) is 0.125. The molecule has 0 atom stereocenters. The summed E-state index contributed by atoms with van der Waals surface area (Å²) in [6.07, 6.45) is 28.4. The van der Waals surface area contributed by atoms with Crippen LogP contribution in [0.3, 0.4) is 0 Å². The van der Waals surface area contributed by atoms with Crippen molar-refractivity contribution < 1.29 is 22.8 Å². The molecule has 0 N–H and O–H groups in total. The Kier molecular flexibility index (Phi) is 23.6. The summed E-state index contributed by atoms with van der Waals surface area (Å²) in [6.45, 7) is 10.8. The standard InChI is InChI=1S/3C22H19N2.2C21H18N3/c1-16-7-3-4-8-19(16)22-20-11-10-18(21-9-5-6-13-23-21)15-17(20)12-14-24(22)2;1-16-6-3-4-8-20(16)22-21-10-9-17(19-7-5-12-23-15-19)14-18(21)11-13-24(22)2;1-16-5-3-4-6-20(16)22-21-8-7-18(17-9-12-23-13-10-17)15-19(21)11-14-24(22)2;1-15-5-3-4-6-18(15)21-19-8-7-17(20-14-22-10-11-23-20)13-16(19)9-12-24(21)2;1-15-5-3-4-6-18(15)21-19-8-7-17(20-9-11-22-14-23-20)13-16(19)10-12-24(21)2/h3*3-15H,1-2H3;2*3-14H,1-2H3/q5*+1. The molecule has 20 aromatic rings. The molecule has 120 heavy (non-hydrogen) atoms. The Morgan fingerprint density at radius 2 is 0.525 bits per heavy atom. The van der Waals surface area contributed by atoms with E-state index in [-0.39, 0.29) is 0 Å². The summed E-state index contributed by atoms with van der Waals surface area (Å²) in [5.74, 6) is 0. The van der Waals surface area contributed by atoms with E-state index in [9.17, 15) is 0 Å². The number of rotatable bonds is 10. The largest absolute Gasteiger partial charge is 0.265 e. The Morgan fingerprint density at radius 3 is 0.858 bits per heavy atom. The van der Waals surface area contributed by atoms with Gasteiger partial charge in [-0.1, -0.05) is 133 Å². The number of hydrogen-bond donors (Lipinski definition) is 0. The highest BCUT2D eigenvalue weighted by Gasteiger charge is 2.23. The monoisotopic (exact) mass is 1560 g/mol. The van der Waals surface area contributed by atoms with E-state index in [2.05, 4.69) is 407 Å². The zero-order valence-electron chi connectivity index (χ0n) is 69.2. The minimum absolute atomic E-state index is 0.894. The summed E-state index contributed by atoms with van der Waals surface area (Å²) in [7, 11) is 10.5. The van der Waals surface area contributed by atoms with E-state index in [0.29, 0.717) is 0 Å². The van der Waals surface area contributed by atoms with Gasteiger partial charge in [0.05, 0.1) is 50.2 Å². The Labute approximate surface area is 701 Å². The molecule has 0 amide bonds. The van der Waals surface area contributed by atoms with Crippen LogP contribution in [-0.2, 0) is 35.2 Å². The molecule has 580 valence electrons. The number of benzene rings is 10. The maximum atomic E-state index is 4.46. The Morgan fingerprint density at radius 1 is 0.200 bits per heavy atom. The second-order valence-electron chi connectivity index (χ2n) is 30.3. The minimum Gasteiger partial charge on any atom is -0.265 e. The molecular formula is C108H93N12+5. The molecule has 10 aromatic carbocycles. The number of pyridine rings is 8. The van der Waals surface area contributed by atoms with Gasteiger partial charge in [0.1, 0.15) is 41.6 Å². The van der Waals surface area contributed by atoms with E-state index >= 15 is 0 Å². The van der Waals surface area contributed by atoms with Crippen LogP contribution in [0.2, 0.25) is 0 Å². The van der Waals surface area contributed by atoms with Crippen LogP contribution < -0.4 is 22.8 Å². The summed E-state index contributed by atoms with van der Waals surface area (Å²) in [4.78, 5) is 29.7. The van der Waals surface area contributed by atoms with Crippen molar-refractivity contribution in [2.45, 2.75) is 34.6 Å². The molecule has 0 aliphatic carbocycles. The van der Waals surface area contributed by atoms with E-state index in [1.807, 2.05) is 67.3 Å². The predicted octanol–water partition coefficient (Wildman–Crippen LogP) is 22.3. The number of fused-ring (bicyclic) bond motifs is 5. The highest BCUT2D eigenvalue weighted by atomic mass is 14.9. The van der Waals surface area contributed by atoms with Crippen LogP contribution in [0.1, 0.15) is 27.8 Å². The van der Waals surface area contributed by atoms with Crippen molar-refractivity contribution in [1.82, 2.24) is 34.9 Å². The van der Waals surface area contributed by atoms with Crippen molar-refractivity contribution in [1.29, 1.82) is 0 Å². The number of hydrogen-bond acceptors (Lipinski definition) is 7. The van der Waals surface area contributed by atoms with Gasteiger partial charge in [0.2, 0.25) is 28.5 Å². The van der Waals surface area contributed by atoms with E-state index in [1.54, 1.807) is 37.3 Å². The number of aryl methyl sites for hydroxylation is 10. The molecule has 20 rings (SSSR count). The maximum Gasteiger partial charge on any atom is 0.220 e. The lowest BCUT2D eigenvalue weighted by molar-refractivity contribution is -0.659. The van der Waals surface area contributed by atoms with Gasteiger partial charge in [-0.15, -0.1) is 0 Å². The SMILES string of the molecule is Cc1ccccc1-c1c2ccc(-c3ccccn3)cc2cc[n+]1C.Cc1ccccc1-c1c2ccc(-c3cccnc3)cc2cc[n+]1C.Cc1ccccc1-c1c2ccc(-c3ccncc3)cc2cc[n+]1C.Cc1ccccc1-c1c2ccc(-c3ccncn3)cc2cc[n+]1C.Cc1ccccc1-c1c2ccc(-c3cnccn3)cc2cc[n+]1C. The molecule has 0 spiro atoms. The zero-order chi connectivity index (χ0) is 82.6. The Bertz CT molecular complexity index is 6100. The summed E-state index contributed by atoms with van der Waals surface area (Å²) in [5, 5.41) is 12.4. The topological polar surface area (TPSA) is 110 Å². The van der Waals surface area contributed by atoms with Gasteiger partial charge in [-0.05, 0) is 233 Å². The molecule has 0 radical (unpaired) electrons. The third-order valence-electron chi connectivity index (χ3n) is 22.4. The van der Waals surface area contributed by atoms with E-state index < -0.39 is 0 Å². The Balaban J connectivity index is 0.000000112. The molecule has 0 aliphatic rings. The Hall–Kier alpha value is -15.1. The van der Waals surface area contributed by atoms with Gasteiger partial charge >= 0.3 is 0 Å².